The molecule has 1 heterocycles. The van der Waals surface area contributed by atoms with Crippen LogP contribution < -0.4 is 0 Å². The number of rotatable bonds is 4. The van der Waals surface area contributed by atoms with E-state index in [0.29, 0.717) is 11.4 Å². The quantitative estimate of drug-likeness (QED) is 0.768. The van der Waals surface area contributed by atoms with Gasteiger partial charge in [-0.05, 0) is 37.1 Å². The Balaban J connectivity index is 1.88. The molecule has 2 aromatic carbocycles. The number of pyridine rings is 1. The molecular formula is C21H21NO2. The second kappa shape index (κ2) is 6.95. The fraction of sp³-hybridized carbons (Fsp3) is 0.190. The van der Waals surface area contributed by atoms with Crippen molar-refractivity contribution in [2.45, 2.75) is 26.1 Å². The van der Waals surface area contributed by atoms with Crippen LogP contribution in [-0.2, 0) is 0 Å². The number of hydrogen-bond donors (Lipinski definition) is 2. The Morgan fingerprint density at radius 1 is 0.625 bits per heavy atom. The Morgan fingerprint density at radius 3 is 1.38 bits per heavy atom. The predicted octanol–water partition coefficient (Wildman–Crippen LogP) is 3.86. The molecule has 3 aromatic rings. The topological polar surface area (TPSA) is 53.4 Å². The molecule has 3 rings (SSSR count). The van der Waals surface area contributed by atoms with Gasteiger partial charge in [-0.2, -0.15) is 0 Å². The molecule has 1 aromatic heterocycles. The molecule has 0 aliphatic carbocycles. The second-order valence-corrected chi connectivity index (χ2v) is 6.11. The maximum absolute atomic E-state index is 10.6. The number of nitrogens with zero attached hydrogens (tertiary/aromatic N) is 1. The maximum Gasteiger partial charge on any atom is 0.121 e. The summed E-state index contributed by atoms with van der Waals surface area (Å²) in [6, 6.07) is 20.8. The van der Waals surface area contributed by atoms with Gasteiger partial charge in [0.05, 0.1) is 11.4 Å². The fourth-order valence-electron chi connectivity index (χ4n) is 2.61. The minimum absolute atomic E-state index is 0.530. The summed E-state index contributed by atoms with van der Waals surface area (Å²) in [7, 11) is 0. The zero-order valence-electron chi connectivity index (χ0n) is 13.8. The SMILES string of the molecule is Cc1ccc(C(O)c2cccc(C(O)c3ccc(C)cc3)n2)cc1. The number of benzene rings is 2. The number of hydrogen-bond acceptors (Lipinski definition) is 3. The first-order valence-electron chi connectivity index (χ1n) is 8.01. The zero-order valence-corrected chi connectivity index (χ0v) is 13.8. The second-order valence-electron chi connectivity index (χ2n) is 6.11. The summed E-state index contributed by atoms with van der Waals surface area (Å²) in [6.07, 6.45) is -1.62. The summed E-state index contributed by atoms with van der Waals surface area (Å²) in [4.78, 5) is 4.47. The minimum Gasteiger partial charge on any atom is -0.382 e. The van der Waals surface area contributed by atoms with Gasteiger partial charge in [-0.15, -0.1) is 0 Å². The Kier molecular flexibility index (Phi) is 4.74. The fourth-order valence-corrected chi connectivity index (χ4v) is 2.61. The Hall–Kier alpha value is -2.49. The number of aliphatic hydroxyl groups is 2. The van der Waals surface area contributed by atoms with Gasteiger partial charge >= 0.3 is 0 Å². The van der Waals surface area contributed by atoms with Crippen molar-refractivity contribution in [2.75, 3.05) is 0 Å². The van der Waals surface area contributed by atoms with E-state index in [-0.39, 0.29) is 0 Å². The highest BCUT2D eigenvalue weighted by Gasteiger charge is 2.16. The van der Waals surface area contributed by atoms with Gasteiger partial charge in [-0.25, -0.2) is 0 Å². The molecule has 0 aliphatic rings. The van der Waals surface area contributed by atoms with E-state index in [2.05, 4.69) is 4.98 Å². The van der Waals surface area contributed by atoms with E-state index in [1.54, 1.807) is 12.1 Å². The molecule has 0 aliphatic heterocycles. The molecule has 3 nitrogen and oxygen atoms in total. The number of aromatic nitrogens is 1. The van der Waals surface area contributed by atoms with Crippen molar-refractivity contribution in [3.8, 4) is 0 Å². The number of aliphatic hydroxyl groups excluding tert-OH is 2. The highest BCUT2D eigenvalue weighted by molar-refractivity contribution is 5.32. The van der Waals surface area contributed by atoms with Gasteiger partial charge in [0.1, 0.15) is 12.2 Å². The van der Waals surface area contributed by atoms with E-state index in [9.17, 15) is 10.2 Å². The molecule has 24 heavy (non-hydrogen) atoms. The molecule has 2 N–H and O–H groups in total. The average Bonchev–Trinajstić information content (AvgIpc) is 2.62. The van der Waals surface area contributed by atoms with E-state index < -0.39 is 12.2 Å². The van der Waals surface area contributed by atoms with E-state index in [1.165, 1.54) is 0 Å². The number of aryl methyl sites for hydroxylation is 2. The van der Waals surface area contributed by atoms with Gasteiger partial charge < -0.3 is 10.2 Å². The summed E-state index contributed by atoms with van der Waals surface area (Å²) in [5, 5.41) is 21.1. The summed E-state index contributed by atoms with van der Waals surface area (Å²) in [6.45, 7) is 4.01. The lowest BCUT2D eigenvalue weighted by Gasteiger charge is -2.15. The van der Waals surface area contributed by atoms with Crippen molar-refractivity contribution in [3.63, 3.8) is 0 Å². The van der Waals surface area contributed by atoms with Gasteiger partial charge in [0.15, 0.2) is 0 Å². The molecular weight excluding hydrogens is 298 g/mol. The van der Waals surface area contributed by atoms with E-state index in [4.69, 9.17) is 0 Å². The molecule has 122 valence electrons. The highest BCUT2D eigenvalue weighted by atomic mass is 16.3. The standard InChI is InChI=1S/C21H21NO2/c1-14-6-10-16(11-7-14)20(23)18-4-3-5-19(22-18)21(24)17-12-8-15(2)9-13-17/h3-13,20-21,23-24H,1-2H3. The lowest BCUT2D eigenvalue weighted by Crippen LogP contribution is -2.08. The van der Waals surface area contributed by atoms with Crippen LogP contribution in [0, 0.1) is 13.8 Å². The normalized spacial score (nSPS) is 13.5. The average molecular weight is 319 g/mol. The van der Waals surface area contributed by atoms with Gasteiger partial charge in [-0.1, -0.05) is 65.7 Å². The third-order valence-corrected chi connectivity index (χ3v) is 4.14. The first-order valence-corrected chi connectivity index (χ1v) is 8.01. The smallest absolute Gasteiger partial charge is 0.121 e. The Morgan fingerprint density at radius 2 is 1.00 bits per heavy atom. The Labute approximate surface area is 142 Å². The van der Waals surface area contributed by atoms with Gasteiger partial charge in [0.25, 0.3) is 0 Å². The van der Waals surface area contributed by atoms with Gasteiger partial charge in [0.2, 0.25) is 0 Å². The van der Waals surface area contributed by atoms with Crippen molar-refractivity contribution < 1.29 is 10.2 Å². The van der Waals surface area contributed by atoms with Crippen LogP contribution in [0.4, 0.5) is 0 Å². The molecule has 3 heteroatoms. The highest BCUT2D eigenvalue weighted by Crippen LogP contribution is 2.25. The predicted molar refractivity (Wildman–Crippen MR) is 94.7 cm³/mol. The van der Waals surface area contributed by atoms with E-state index in [0.717, 1.165) is 22.3 Å². The molecule has 0 bridgehead atoms. The van der Waals surface area contributed by atoms with Crippen LogP contribution in [0.25, 0.3) is 0 Å². The lowest BCUT2D eigenvalue weighted by molar-refractivity contribution is 0.204. The van der Waals surface area contributed by atoms with Crippen molar-refractivity contribution in [1.82, 2.24) is 4.98 Å². The van der Waals surface area contributed by atoms with Crippen LogP contribution in [0.5, 0.6) is 0 Å². The first-order chi connectivity index (χ1) is 11.5. The van der Waals surface area contributed by atoms with Crippen LogP contribution in [0.2, 0.25) is 0 Å². The largest absolute Gasteiger partial charge is 0.382 e. The third kappa shape index (κ3) is 3.53. The van der Waals surface area contributed by atoms with Gasteiger partial charge in [0, 0.05) is 0 Å². The van der Waals surface area contributed by atoms with Crippen molar-refractivity contribution >= 4 is 0 Å². The van der Waals surface area contributed by atoms with Crippen LogP contribution in [0.15, 0.2) is 66.7 Å². The monoisotopic (exact) mass is 319 g/mol. The molecule has 2 unspecified atom stereocenters. The van der Waals surface area contributed by atoms with Crippen LogP contribution in [0.1, 0.15) is 45.8 Å². The Bertz CT molecular complexity index is 743. The molecule has 0 saturated heterocycles. The van der Waals surface area contributed by atoms with Crippen LogP contribution in [0.3, 0.4) is 0 Å². The summed E-state index contributed by atoms with van der Waals surface area (Å²) < 4.78 is 0. The van der Waals surface area contributed by atoms with E-state index >= 15 is 0 Å². The molecule has 0 amide bonds. The van der Waals surface area contributed by atoms with Crippen molar-refractivity contribution in [1.29, 1.82) is 0 Å². The summed E-state index contributed by atoms with van der Waals surface area (Å²) in [5.74, 6) is 0. The minimum atomic E-state index is -0.809. The zero-order chi connectivity index (χ0) is 17.1. The van der Waals surface area contributed by atoms with Gasteiger partial charge in [-0.3, -0.25) is 4.98 Å². The van der Waals surface area contributed by atoms with E-state index in [1.807, 2.05) is 68.4 Å². The third-order valence-electron chi connectivity index (χ3n) is 4.14. The molecule has 2 atom stereocenters. The summed E-state index contributed by atoms with van der Waals surface area (Å²) in [5.41, 5.74) is 4.92. The maximum atomic E-state index is 10.6. The van der Waals surface area contributed by atoms with Crippen molar-refractivity contribution in [3.05, 3.63) is 100 Å². The van der Waals surface area contributed by atoms with Crippen LogP contribution >= 0.6 is 0 Å². The lowest BCUT2D eigenvalue weighted by atomic mass is 10.0. The molecule has 0 saturated carbocycles. The summed E-state index contributed by atoms with van der Waals surface area (Å²) >= 11 is 0. The molecule has 0 fully saturated rings. The molecule has 0 radical (unpaired) electrons. The first kappa shape index (κ1) is 16.4. The molecule has 0 spiro atoms. The van der Waals surface area contributed by atoms with Crippen molar-refractivity contribution in [2.24, 2.45) is 0 Å². The van der Waals surface area contributed by atoms with Crippen LogP contribution in [-0.4, -0.2) is 15.2 Å².